The van der Waals surface area contributed by atoms with Gasteiger partial charge in [0.05, 0.1) is 13.2 Å². The summed E-state index contributed by atoms with van der Waals surface area (Å²) in [4.78, 5) is 2.54. The first kappa shape index (κ1) is 15.7. The second-order valence-electron chi connectivity index (χ2n) is 5.00. The van der Waals surface area contributed by atoms with E-state index in [9.17, 15) is 10.2 Å². The summed E-state index contributed by atoms with van der Waals surface area (Å²) in [5.74, 6) is 0. The van der Waals surface area contributed by atoms with Gasteiger partial charge in [-0.25, -0.2) is 0 Å². The monoisotopic (exact) mass is 354 g/mol. The quantitative estimate of drug-likeness (QED) is 0.832. The van der Waals surface area contributed by atoms with E-state index >= 15 is 0 Å². The van der Waals surface area contributed by atoms with Crippen LogP contribution in [0.3, 0.4) is 0 Å². The number of rotatable bonds is 6. The average Bonchev–Trinajstić information content (AvgIpc) is 2.93. The van der Waals surface area contributed by atoms with E-state index in [1.54, 1.807) is 11.3 Å². The molecule has 0 saturated carbocycles. The lowest BCUT2D eigenvalue weighted by atomic mass is 9.78. The Labute approximate surface area is 132 Å². The topological polar surface area (TPSA) is 40.5 Å². The lowest BCUT2D eigenvalue weighted by Crippen LogP contribution is -2.37. The molecular weight excluding hydrogens is 336 g/mol. The van der Waals surface area contributed by atoms with E-state index in [1.165, 1.54) is 9.75 Å². The summed E-state index contributed by atoms with van der Waals surface area (Å²) in [5, 5.41) is 19.7. The number of aryl methyl sites for hydroxylation is 1. The van der Waals surface area contributed by atoms with Gasteiger partial charge in [-0.05, 0) is 42.7 Å². The molecule has 2 nitrogen and oxygen atoms in total. The predicted molar refractivity (Wildman–Crippen MR) is 87.4 cm³/mol. The van der Waals surface area contributed by atoms with Crippen LogP contribution in [0, 0.1) is 0 Å². The normalized spacial score (nSPS) is 11.8. The molecule has 2 aromatic rings. The Morgan fingerprint density at radius 2 is 1.60 bits per heavy atom. The van der Waals surface area contributed by atoms with Gasteiger partial charge < -0.3 is 10.2 Å². The fourth-order valence-corrected chi connectivity index (χ4v) is 3.66. The molecule has 0 radical (unpaired) electrons. The van der Waals surface area contributed by atoms with Gasteiger partial charge in [0.15, 0.2) is 0 Å². The number of hydrogen-bond acceptors (Lipinski definition) is 3. The van der Waals surface area contributed by atoms with E-state index in [4.69, 9.17) is 0 Å². The molecule has 0 bridgehead atoms. The number of halogens is 1. The first-order valence-electron chi connectivity index (χ1n) is 6.69. The van der Waals surface area contributed by atoms with Crippen LogP contribution in [0.4, 0.5) is 0 Å². The Morgan fingerprint density at radius 3 is 2.10 bits per heavy atom. The van der Waals surface area contributed by atoms with Gasteiger partial charge in [-0.1, -0.05) is 35.0 Å². The number of aliphatic hydroxyl groups excluding tert-OH is 2. The zero-order valence-electron chi connectivity index (χ0n) is 11.5. The standard InChI is InChI=1S/C16H19BrO2S/c1-2-14-7-8-15(20-14)9-16(10-18,11-19)12-3-5-13(17)6-4-12/h3-8,18-19H,2,9-11H2,1H3. The van der Waals surface area contributed by atoms with Crippen LogP contribution >= 0.6 is 27.3 Å². The summed E-state index contributed by atoms with van der Waals surface area (Å²) >= 11 is 5.17. The third kappa shape index (κ3) is 3.31. The van der Waals surface area contributed by atoms with Crippen LogP contribution in [0.15, 0.2) is 40.9 Å². The fraction of sp³-hybridized carbons (Fsp3) is 0.375. The summed E-state index contributed by atoms with van der Waals surface area (Å²) in [6, 6.07) is 12.0. The Morgan fingerprint density at radius 1 is 1.00 bits per heavy atom. The molecule has 0 unspecified atom stereocenters. The van der Waals surface area contributed by atoms with Crippen LogP contribution in [0.2, 0.25) is 0 Å². The SMILES string of the molecule is CCc1ccc(CC(CO)(CO)c2ccc(Br)cc2)s1. The van der Waals surface area contributed by atoms with Crippen molar-refractivity contribution in [2.45, 2.75) is 25.2 Å². The third-order valence-electron chi connectivity index (χ3n) is 3.64. The second kappa shape index (κ2) is 6.85. The highest BCUT2D eigenvalue weighted by atomic mass is 79.9. The molecule has 2 rings (SSSR count). The zero-order valence-corrected chi connectivity index (χ0v) is 13.9. The van der Waals surface area contributed by atoms with Crippen LogP contribution in [-0.2, 0) is 18.3 Å². The highest BCUT2D eigenvalue weighted by Gasteiger charge is 2.31. The predicted octanol–water partition coefficient (Wildman–Crippen LogP) is 3.54. The molecule has 108 valence electrons. The Hall–Kier alpha value is -0.680. The highest BCUT2D eigenvalue weighted by molar-refractivity contribution is 9.10. The lowest BCUT2D eigenvalue weighted by Gasteiger charge is -2.30. The van der Waals surface area contributed by atoms with Crippen molar-refractivity contribution < 1.29 is 10.2 Å². The molecule has 20 heavy (non-hydrogen) atoms. The molecule has 1 aromatic carbocycles. The first-order valence-corrected chi connectivity index (χ1v) is 8.30. The molecule has 1 heterocycles. The fourth-order valence-electron chi connectivity index (χ4n) is 2.29. The molecule has 0 aliphatic rings. The number of aliphatic hydroxyl groups is 2. The third-order valence-corrected chi connectivity index (χ3v) is 5.40. The number of thiophene rings is 1. The molecule has 2 N–H and O–H groups in total. The number of hydrogen-bond donors (Lipinski definition) is 2. The van der Waals surface area contributed by atoms with Gasteiger partial charge in [0.25, 0.3) is 0 Å². The van der Waals surface area contributed by atoms with Crippen molar-refractivity contribution in [1.82, 2.24) is 0 Å². The molecule has 0 aliphatic carbocycles. The Bertz CT molecular complexity index is 544. The van der Waals surface area contributed by atoms with Crippen LogP contribution < -0.4 is 0 Å². The number of benzene rings is 1. The van der Waals surface area contributed by atoms with E-state index < -0.39 is 5.41 Å². The van der Waals surface area contributed by atoms with Crippen LogP contribution in [-0.4, -0.2) is 23.4 Å². The van der Waals surface area contributed by atoms with E-state index in [2.05, 4.69) is 35.0 Å². The highest BCUT2D eigenvalue weighted by Crippen LogP contribution is 2.31. The van der Waals surface area contributed by atoms with Crippen molar-refractivity contribution in [2.75, 3.05) is 13.2 Å². The first-order chi connectivity index (χ1) is 9.63. The molecule has 0 amide bonds. The van der Waals surface area contributed by atoms with Gasteiger partial charge in [-0.3, -0.25) is 0 Å². The van der Waals surface area contributed by atoms with Crippen molar-refractivity contribution in [3.05, 3.63) is 56.2 Å². The maximum Gasteiger partial charge on any atom is 0.0553 e. The van der Waals surface area contributed by atoms with Gasteiger partial charge in [0.2, 0.25) is 0 Å². The minimum absolute atomic E-state index is 0.0650. The molecule has 4 heteroatoms. The van der Waals surface area contributed by atoms with Crippen molar-refractivity contribution in [3.63, 3.8) is 0 Å². The van der Waals surface area contributed by atoms with Crippen LogP contribution in [0.25, 0.3) is 0 Å². The van der Waals surface area contributed by atoms with Gasteiger partial charge in [-0.15, -0.1) is 11.3 Å². The van der Waals surface area contributed by atoms with E-state index in [0.717, 1.165) is 16.5 Å². The summed E-state index contributed by atoms with van der Waals surface area (Å²) in [5.41, 5.74) is 0.355. The summed E-state index contributed by atoms with van der Waals surface area (Å²) < 4.78 is 0.996. The Balaban J connectivity index is 2.31. The molecule has 1 aromatic heterocycles. The second-order valence-corrected chi connectivity index (χ2v) is 7.17. The average molecular weight is 355 g/mol. The van der Waals surface area contributed by atoms with Crippen molar-refractivity contribution in [3.8, 4) is 0 Å². The minimum atomic E-state index is -0.615. The molecule has 0 spiro atoms. The molecule has 0 atom stereocenters. The Kier molecular flexibility index (Phi) is 5.38. The molecule has 0 fully saturated rings. The molecule has 0 saturated heterocycles. The van der Waals surface area contributed by atoms with Crippen LogP contribution in [0.1, 0.15) is 22.2 Å². The van der Waals surface area contributed by atoms with E-state index in [-0.39, 0.29) is 13.2 Å². The van der Waals surface area contributed by atoms with Gasteiger partial charge in [0, 0.05) is 19.6 Å². The van der Waals surface area contributed by atoms with Gasteiger partial charge >= 0.3 is 0 Å². The maximum absolute atomic E-state index is 9.86. The minimum Gasteiger partial charge on any atom is -0.395 e. The van der Waals surface area contributed by atoms with Crippen LogP contribution in [0.5, 0.6) is 0 Å². The lowest BCUT2D eigenvalue weighted by molar-refractivity contribution is 0.117. The molecule has 0 aliphatic heterocycles. The summed E-state index contributed by atoms with van der Waals surface area (Å²) in [6.45, 7) is 2.00. The summed E-state index contributed by atoms with van der Waals surface area (Å²) in [6.07, 6.45) is 1.68. The van der Waals surface area contributed by atoms with Gasteiger partial charge in [0.1, 0.15) is 0 Å². The van der Waals surface area contributed by atoms with E-state index in [0.29, 0.717) is 6.42 Å². The maximum atomic E-state index is 9.86. The summed E-state index contributed by atoms with van der Waals surface area (Å²) in [7, 11) is 0. The largest absolute Gasteiger partial charge is 0.395 e. The smallest absolute Gasteiger partial charge is 0.0553 e. The van der Waals surface area contributed by atoms with Crippen molar-refractivity contribution in [2.24, 2.45) is 0 Å². The van der Waals surface area contributed by atoms with Crippen molar-refractivity contribution >= 4 is 27.3 Å². The molecular formula is C16H19BrO2S. The zero-order chi connectivity index (χ0) is 14.6. The van der Waals surface area contributed by atoms with E-state index in [1.807, 2.05) is 24.3 Å². The van der Waals surface area contributed by atoms with Gasteiger partial charge in [-0.2, -0.15) is 0 Å². The van der Waals surface area contributed by atoms with Crippen molar-refractivity contribution in [1.29, 1.82) is 0 Å².